The third-order valence-electron chi connectivity index (χ3n) is 7.30. The van der Waals surface area contributed by atoms with Crippen LogP contribution in [0, 0.1) is 0 Å². The van der Waals surface area contributed by atoms with Gasteiger partial charge < -0.3 is 34.9 Å². The number of sulfonamides is 1. The van der Waals surface area contributed by atoms with Crippen molar-refractivity contribution < 1.29 is 45.7 Å². The predicted octanol–water partition coefficient (Wildman–Crippen LogP) is 2.89. The normalized spacial score (nSPS) is 17.0. The summed E-state index contributed by atoms with van der Waals surface area (Å²) < 4.78 is 76.4. The molecular formula is C27H36F3N7O7S. The van der Waals surface area contributed by atoms with Gasteiger partial charge in [0.2, 0.25) is 16.0 Å². The van der Waals surface area contributed by atoms with E-state index in [1.54, 1.807) is 35.8 Å². The van der Waals surface area contributed by atoms with Gasteiger partial charge in [0.15, 0.2) is 0 Å². The fourth-order valence-corrected chi connectivity index (χ4v) is 6.48. The molecule has 0 aliphatic carbocycles. The Labute approximate surface area is 257 Å². The Hall–Kier alpha value is -3.71. The van der Waals surface area contributed by atoms with E-state index in [4.69, 9.17) is 24.1 Å². The lowest BCUT2D eigenvalue weighted by molar-refractivity contribution is -0.192. The van der Waals surface area contributed by atoms with Gasteiger partial charge in [-0.15, -0.1) is 0 Å². The van der Waals surface area contributed by atoms with Gasteiger partial charge in [0.1, 0.15) is 17.2 Å². The Balaban J connectivity index is 0.000000591. The first-order chi connectivity index (χ1) is 21.4. The van der Waals surface area contributed by atoms with Gasteiger partial charge in [-0.1, -0.05) is 0 Å². The fourth-order valence-electron chi connectivity index (χ4n) is 5.00. The van der Waals surface area contributed by atoms with Gasteiger partial charge in [-0.3, -0.25) is 4.90 Å². The minimum absolute atomic E-state index is 0.201. The molecule has 18 heteroatoms. The molecule has 1 aromatic carbocycles. The number of aromatic amines is 1. The molecule has 0 saturated carbocycles. The van der Waals surface area contributed by atoms with Gasteiger partial charge in [0.25, 0.3) is 0 Å². The lowest BCUT2D eigenvalue weighted by Crippen LogP contribution is -2.50. The number of nitrogens with one attached hydrogen (secondary N) is 3. The van der Waals surface area contributed by atoms with E-state index in [0.717, 1.165) is 44.5 Å². The maximum Gasteiger partial charge on any atom is 0.490 e. The summed E-state index contributed by atoms with van der Waals surface area (Å²) in [6.45, 7) is 5.43. The zero-order valence-corrected chi connectivity index (χ0v) is 25.6. The summed E-state index contributed by atoms with van der Waals surface area (Å²) >= 11 is 0. The smallest absolute Gasteiger partial charge is 0.490 e. The van der Waals surface area contributed by atoms with Crippen LogP contribution in [0.4, 0.5) is 30.6 Å². The Morgan fingerprint density at radius 2 is 1.82 bits per heavy atom. The van der Waals surface area contributed by atoms with Crippen LogP contribution in [-0.4, -0.2) is 123 Å². The first kappa shape index (κ1) is 34.2. The highest BCUT2D eigenvalue weighted by Crippen LogP contribution is 2.33. The van der Waals surface area contributed by atoms with Crippen molar-refractivity contribution in [3.63, 3.8) is 0 Å². The Morgan fingerprint density at radius 1 is 1.13 bits per heavy atom. The van der Waals surface area contributed by atoms with E-state index in [9.17, 15) is 21.6 Å². The van der Waals surface area contributed by atoms with Crippen LogP contribution in [0.1, 0.15) is 12.8 Å². The number of carboxylic acids is 1. The van der Waals surface area contributed by atoms with E-state index in [1.807, 2.05) is 6.07 Å². The molecule has 0 atom stereocenters. The average Bonchev–Trinajstić information content (AvgIpc) is 3.51. The SMILES string of the molecule is COCCNc1nc(Nc2ccc(S(=O)(=O)N3CCC(N4CCOCC4)CC3)cc2OC)nc2[nH]ccc12.O=C(O)C(F)(F)F. The second-order valence-electron chi connectivity index (χ2n) is 10.1. The molecule has 4 heterocycles. The molecule has 45 heavy (non-hydrogen) atoms. The van der Waals surface area contributed by atoms with Crippen molar-refractivity contribution in [1.29, 1.82) is 0 Å². The number of anilines is 3. The first-order valence-electron chi connectivity index (χ1n) is 14.1. The molecule has 2 fully saturated rings. The molecule has 5 rings (SSSR count). The molecule has 2 aliphatic heterocycles. The van der Waals surface area contributed by atoms with Crippen LogP contribution in [-0.2, 0) is 24.3 Å². The minimum atomic E-state index is -5.08. The maximum absolute atomic E-state index is 13.5. The largest absolute Gasteiger partial charge is 0.495 e. The van der Waals surface area contributed by atoms with Gasteiger partial charge >= 0.3 is 12.1 Å². The van der Waals surface area contributed by atoms with Crippen molar-refractivity contribution in [2.45, 2.75) is 30.0 Å². The molecule has 2 aliphatic rings. The number of ether oxygens (including phenoxy) is 3. The molecule has 2 aromatic heterocycles. The number of aromatic nitrogens is 3. The summed E-state index contributed by atoms with van der Waals surface area (Å²) in [5.74, 6) is -1.36. The highest BCUT2D eigenvalue weighted by molar-refractivity contribution is 7.89. The molecule has 0 spiro atoms. The number of hydrogen-bond donors (Lipinski definition) is 4. The number of methoxy groups -OCH3 is 2. The van der Waals surface area contributed by atoms with Crippen LogP contribution in [0.3, 0.4) is 0 Å². The zero-order valence-electron chi connectivity index (χ0n) is 24.8. The molecule has 0 radical (unpaired) electrons. The second kappa shape index (κ2) is 15.0. The van der Waals surface area contributed by atoms with Crippen molar-refractivity contribution in [3.05, 3.63) is 30.5 Å². The van der Waals surface area contributed by atoms with Crippen molar-refractivity contribution in [1.82, 2.24) is 24.2 Å². The highest BCUT2D eigenvalue weighted by atomic mass is 32.2. The second-order valence-corrected chi connectivity index (χ2v) is 12.1. The molecule has 248 valence electrons. The number of rotatable bonds is 10. The number of alkyl halides is 3. The van der Waals surface area contributed by atoms with Crippen molar-refractivity contribution in [2.75, 3.05) is 77.4 Å². The molecule has 0 amide bonds. The summed E-state index contributed by atoms with van der Waals surface area (Å²) in [7, 11) is -0.501. The van der Waals surface area contributed by atoms with Crippen LogP contribution in [0.15, 0.2) is 35.4 Å². The number of carboxylic acid groups (broad SMARTS) is 1. The molecule has 0 unspecified atom stereocenters. The number of fused-ring (bicyclic) bond motifs is 1. The summed E-state index contributed by atoms with van der Waals surface area (Å²) in [6.07, 6.45) is -1.65. The molecule has 0 bridgehead atoms. The van der Waals surface area contributed by atoms with Crippen LogP contribution in [0.25, 0.3) is 11.0 Å². The zero-order chi connectivity index (χ0) is 32.6. The Bertz CT molecular complexity index is 1540. The number of halogens is 3. The third kappa shape index (κ3) is 8.72. The van der Waals surface area contributed by atoms with Crippen molar-refractivity contribution in [3.8, 4) is 5.75 Å². The monoisotopic (exact) mass is 659 g/mol. The number of morpholine rings is 1. The fraction of sp³-hybridized carbons (Fsp3) is 0.519. The number of hydrogen-bond acceptors (Lipinski definition) is 11. The molecule has 14 nitrogen and oxygen atoms in total. The first-order valence-corrected chi connectivity index (χ1v) is 15.5. The van der Waals surface area contributed by atoms with Crippen LogP contribution >= 0.6 is 0 Å². The summed E-state index contributed by atoms with van der Waals surface area (Å²) in [4.78, 5) is 23.8. The highest BCUT2D eigenvalue weighted by Gasteiger charge is 2.38. The van der Waals surface area contributed by atoms with Crippen LogP contribution < -0.4 is 15.4 Å². The van der Waals surface area contributed by atoms with Gasteiger partial charge in [0.05, 0.1) is 42.9 Å². The summed E-state index contributed by atoms with van der Waals surface area (Å²) in [5.41, 5.74) is 1.23. The Kier molecular flexibility index (Phi) is 11.4. The van der Waals surface area contributed by atoms with Crippen molar-refractivity contribution in [2.24, 2.45) is 0 Å². The van der Waals surface area contributed by atoms with E-state index >= 15 is 0 Å². The maximum atomic E-state index is 13.5. The van der Waals surface area contributed by atoms with E-state index in [2.05, 4.69) is 30.5 Å². The Morgan fingerprint density at radius 3 is 2.44 bits per heavy atom. The van der Waals surface area contributed by atoms with Gasteiger partial charge in [-0.05, 0) is 31.0 Å². The lowest BCUT2D eigenvalue weighted by atomic mass is 10.0. The quantitative estimate of drug-likeness (QED) is 0.235. The lowest BCUT2D eigenvalue weighted by Gasteiger charge is -2.39. The topological polar surface area (TPSA) is 171 Å². The van der Waals surface area contributed by atoms with E-state index < -0.39 is 22.2 Å². The number of nitrogens with zero attached hydrogens (tertiary/aromatic N) is 4. The molecule has 3 aromatic rings. The van der Waals surface area contributed by atoms with Gasteiger partial charge in [-0.25, -0.2) is 13.2 Å². The van der Waals surface area contributed by atoms with E-state index in [1.165, 1.54) is 7.11 Å². The predicted molar refractivity (Wildman–Crippen MR) is 158 cm³/mol. The number of carbonyl (C=O) groups is 1. The molecule has 4 N–H and O–H groups in total. The third-order valence-corrected chi connectivity index (χ3v) is 9.19. The standard InChI is InChI=1S/C25H35N7O5S.C2HF3O2/c1-35-14-9-27-24-20-5-8-26-23(20)29-25(30-24)28-21-4-3-19(17-22(21)36-2)38(33,34)32-10-6-18(7-11-32)31-12-15-37-16-13-31;3-2(4,5)1(6)7/h3-5,8,17-18H,6-7,9-16H2,1-2H3,(H3,26,27,28,29,30);(H,6,7). The molecule has 2 saturated heterocycles. The number of benzene rings is 1. The van der Waals surface area contributed by atoms with Crippen LogP contribution in [0.5, 0.6) is 5.75 Å². The number of piperidine rings is 1. The van der Waals surface area contributed by atoms with E-state index in [0.29, 0.717) is 61.1 Å². The van der Waals surface area contributed by atoms with Gasteiger partial charge in [0, 0.05) is 58.1 Å². The summed E-state index contributed by atoms with van der Waals surface area (Å²) in [6, 6.07) is 7.14. The van der Waals surface area contributed by atoms with Crippen LogP contribution in [0.2, 0.25) is 0 Å². The van der Waals surface area contributed by atoms with E-state index in [-0.39, 0.29) is 4.90 Å². The van der Waals surface area contributed by atoms with Crippen molar-refractivity contribution >= 4 is 44.5 Å². The molecular weight excluding hydrogens is 623 g/mol. The number of H-pyrrole nitrogens is 1. The van der Waals surface area contributed by atoms with Gasteiger partial charge in [-0.2, -0.15) is 27.4 Å². The number of aliphatic carboxylic acids is 1. The minimum Gasteiger partial charge on any atom is -0.495 e. The summed E-state index contributed by atoms with van der Waals surface area (Å²) in [5, 5.41) is 14.4. The average molecular weight is 660 g/mol.